The van der Waals surface area contributed by atoms with Crippen LogP contribution in [0, 0.1) is 13.8 Å². The molecule has 1 heterocycles. The lowest BCUT2D eigenvalue weighted by molar-refractivity contribution is 0.794. The van der Waals surface area contributed by atoms with E-state index < -0.39 is 5.41 Å². The van der Waals surface area contributed by atoms with E-state index in [1.807, 2.05) is 0 Å². The van der Waals surface area contributed by atoms with E-state index in [0.717, 1.165) is 17.1 Å². The summed E-state index contributed by atoms with van der Waals surface area (Å²) >= 11 is 0. The van der Waals surface area contributed by atoms with Gasteiger partial charge in [0.2, 0.25) is 0 Å². The number of rotatable bonds is 6. The Morgan fingerprint density at radius 2 is 0.892 bits per heavy atom. The highest BCUT2D eigenvalue weighted by Crippen LogP contribution is 2.64. The minimum atomic E-state index is -0.398. The van der Waals surface area contributed by atoms with Gasteiger partial charge in [-0.1, -0.05) is 175 Å². The largest absolute Gasteiger partial charge is 0.310 e. The highest BCUT2D eigenvalue weighted by molar-refractivity contribution is 6.11. The summed E-state index contributed by atoms with van der Waals surface area (Å²) in [6, 6.07) is 85.8. The average molecular weight is 829 g/mol. The summed E-state index contributed by atoms with van der Waals surface area (Å²) in [7, 11) is 0. The molecule has 2 heteroatoms. The smallest absolute Gasteiger partial charge is 0.0725 e. The average Bonchev–Trinajstić information content (AvgIpc) is 3.96. The van der Waals surface area contributed by atoms with Crippen LogP contribution in [0.1, 0.15) is 33.4 Å². The van der Waals surface area contributed by atoms with Crippen LogP contribution in [-0.4, -0.2) is 4.57 Å². The first-order valence-corrected chi connectivity index (χ1v) is 22.7. The highest BCUT2D eigenvalue weighted by Gasteiger charge is 2.52. The molecule has 0 amide bonds. The Hall–Kier alpha value is -8.20. The molecule has 1 aromatic heterocycles. The quantitative estimate of drug-likeness (QED) is 0.162. The molecule has 11 aromatic rings. The molecule has 0 saturated carbocycles. The van der Waals surface area contributed by atoms with Gasteiger partial charge in [-0.05, 0) is 147 Å². The number of fused-ring (bicyclic) bond motifs is 13. The molecular formula is C63H44N2. The highest BCUT2D eigenvalue weighted by atomic mass is 15.1. The number of nitrogens with zero attached hydrogens (tertiary/aromatic N) is 2. The van der Waals surface area contributed by atoms with E-state index in [-0.39, 0.29) is 0 Å². The molecule has 0 atom stereocenters. The van der Waals surface area contributed by atoms with Crippen LogP contribution in [0.4, 0.5) is 17.1 Å². The molecule has 65 heavy (non-hydrogen) atoms. The fraction of sp³-hybridized carbons (Fsp3) is 0.0476. The second-order valence-electron chi connectivity index (χ2n) is 17.8. The second kappa shape index (κ2) is 14.4. The molecule has 306 valence electrons. The molecule has 2 aliphatic carbocycles. The van der Waals surface area contributed by atoms with Gasteiger partial charge in [0.25, 0.3) is 0 Å². The van der Waals surface area contributed by atoms with Gasteiger partial charge in [0.05, 0.1) is 16.4 Å². The van der Waals surface area contributed by atoms with Gasteiger partial charge in [0, 0.05) is 33.5 Å². The van der Waals surface area contributed by atoms with E-state index in [1.165, 1.54) is 105 Å². The minimum Gasteiger partial charge on any atom is -0.310 e. The maximum atomic E-state index is 2.43. The fourth-order valence-corrected chi connectivity index (χ4v) is 11.4. The lowest BCUT2D eigenvalue weighted by atomic mass is 9.70. The van der Waals surface area contributed by atoms with Crippen molar-refractivity contribution >= 4 is 38.9 Å². The Morgan fingerprint density at radius 3 is 1.65 bits per heavy atom. The van der Waals surface area contributed by atoms with Gasteiger partial charge in [0.15, 0.2) is 0 Å². The Labute approximate surface area is 380 Å². The van der Waals surface area contributed by atoms with Crippen LogP contribution in [0.25, 0.3) is 72.0 Å². The first kappa shape index (κ1) is 37.4. The summed E-state index contributed by atoms with van der Waals surface area (Å²) in [5, 5.41) is 2.45. The molecule has 13 rings (SSSR count). The molecule has 0 bridgehead atoms. The van der Waals surface area contributed by atoms with E-state index in [1.54, 1.807) is 0 Å². The SMILES string of the molecule is Cc1cccc(-c2ccc(N(c3cccc(-c4cccc5c4-c4ccccc4C54c5ccccc5-c5ccccc54)c3)c3ccc4c(c3)c3ccccc3n4-c3cccc(C)c3)cc2)c1. The van der Waals surface area contributed by atoms with Crippen molar-refractivity contribution in [3.8, 4) is 50.2 Å². The van der Waals surface area contributed by atoms with Crippen molar-refractivity contribution in [2.24, 2.45) is 0 Å². The van der Waals surface area contributed by atoms with E-state index in [2.05, 4.69) is 254 Å². The summed E-state index contributed by atoms with van der Waals surface area (Å²) in [6.45, 7) is 4.32. The second-order valence-corrected chi connectivity index (χ2v) is 17.8. The van der Waals surface area contributed by atoms with Gasteiger partial charge in [-0.25, -0.2) is 0 Å². The lowest BCUT2D eigenvalue weighted by Crippen LogP contribution is -2.25. The third-order valence-corrected chi connectivity index (χ3v) is 14.1. The van der Waals surface area contributed by atoms with Gasteiger partial charge in [-0.3, -0.25) is 0 Å². The number of para-hydroxylation sites is 1. The normalized spacial score (nSPS) is 12.9. The van der Waals surface area contributed by atoms with E-state index in [0.29, 0.717) is 0 Å². The zero-order valence-corrected chi connectivity index (χ0v) is 36.3. The zero-order valence-electron chi connectivity index (χ0n) is 36.3. The number of aryl methyl sites for hydroxylation is 2. The fourth-order valence-electron chi connectivity index (χ4n) is 11.4. The number of anilines is 3. The Balaban J connectivity index is 1.01. The first-order valence-electron chi connectivity index (χ1n) is 22.7. The topological polar surface area (TPSA) is 8.17 Å². The first-order chi connectivity index (χ1) is 32.1. The Kier molecular flexibility index (Phi) is 8.29. The van der Waals surface area contributed by atoms with Crippen LogP contribution < -0.4 is 4.90 Å². The van der Waals surface area contributed by atoms with Gasteiger partial charge in [-0.2, -0.15) is 0 Å². The molecule has 2 aliphatic rings. The molecule has 0 radical (unpaired) electrons. The molecule has 0 N–H and O–H groups in total. The Bertz CT molecular complexity index is 3650. The van der Waals surface area contributed by atoms with Crippen molar-refractivity contribution in [3.05, 3.63) is 264 Å². The molecule has 0 aliphatic heterocycles. The van der Waals surface area contributed by atoms with Crippen LogP contribution in [-0.2, 0) is 5.41 Å². The number of benzene rings is 10. The predicted octanol–water partition coefficient (Wildman–Crippen LogP) is 16.5. The zero-order chi connectivity index (χ0) is 43.2. The maximum absolute atomic E-state index is 2.43. The van der Waals surface area contributed by atoms with Crippen molar-refractivity contribution in [1.82, 2.24) is 4.57 Å². The third-order valence-electron chi connectivity index (χ3n) is 14.1. The van der Waals surface area contributed by atoms with Crippen molar-refractivity contribution in [2.45, 2.75) is 19.3 Å². The molecular weight excluding hydrogens is 785 g/mol. The monoisotopic (exact) mass is 828 g/mol. The lowest BCUT2D eigenvalue weighted by Gasteiger charge is -2.30. The molecule has 0 unspecified atom stereocenters. The third kappa shape index (κ3) is 5.54. The van der Waals surface area contributed by atoms with Crippen LogP contribution in [0.2, 0.25) is 0 Å². The number of hydrogen-bond donors (Lipinski definition) is 0. The van der Waals surface area contributed by atoms with Crippen LogP contribution >= 0.6 is 0 Å². The maximum Gasteiger partial charge on any atom is 0.0725 e. The summed E-state index contributed by atoms with van der Waals surface area (Å²) in [6.07, 6.45) is 0. The van der Waals surface area contributed by atoms with Crippen molar-refractivity contribution < 1.29 is 0 Å². The van der Waals surface area contributed by atoms with E-state index >= 15 is 0 Å². The summed E-state index contributed by atoms with van der Waals surface area (Å²) in [5.41, 5.74) is 24.5. The summed E-state index contributed by atoms with van der Waals surface area (Å²) in [4.78, 5) is 2.43. The van der Waals surface area contributed by atoms with Crippen molar-refractivity contribution in [1.29, 1.82) is 0 Å². The van der Waals surface area contributed by atoms with Gasteiger partial charge >= 0.3 is 0 Å². The Morgan fingerprint density at radius 1 is 0.338 bits per heavy atom. The van der Waals surface area contributed by atoms with E-state index in [9.17, 15) is 0 Å². The summed E-state index contributed by atoms with van der Waals surface area (Å²) < 4.78 is 2.41. The minimum absolute atomic E-state index is 0.398. The standard InChI is InChI=1S/C63H44N2/c1-41-15-11-17-44(37-41)43-31-33-46(34-32-43)64(49-35-36-61-55(40-49)53-23-6-10-30-60(53)65(61)47-19-12-16-42(2)38-47)48-20-13-18-45(39-48)50-25-14-29-59-62(50)54-24-5-9-28-58(54)63(59)56-26-7-3-21-51(56)52-22-4-8-27-57(52)63/h3-40H,1-2H3. The van der Waals surface area contributed by atoms with Gasteiger partial charge in [-0.15, -0.1) is 0 Å². The molecule has 10 aromatic carbocycles. The number of aromatic nitrogens is 1. The van der Waals surface area contributed by atoms with Gasteiger partial charge < -0.3 is 9.47 Å². The number of hydrogen-bond acceptors (Lipinski definition) is 1. The van der Waals surface area contributed by atoms with Crippen molar-refractivity contribution in [2.75, 3.05) is 4.90 Å². The van der Waals surface area contributed by atoms with Crippen molar-refractivity contribution in [3.63, 3.8) is 0 Å². The van der Waals surface area contributed by atoms with E-state index in [4.69, 9.17) is 0 Å². The van der Waals surface area contributed by atoms with Crippen LogP contribution in [0.3, 0.4) is 0 Å². The summed E-state index contributed by atoms with van der Waals surface area (Å²) in [5.74, 6) is 0. The van der Waals surface area contributed by atoms with Crippen LogP contribution in [0.5, 0.6) is 0 Å². The molecule has 0 saturated heterocycles. The predicted molar refractivity (Wildman–Crippen MR) is 272 cm³/mol. The van der Waals surface area contributed by atoms with Crippen LogP contribution in [0.15, 0.2) is 231 Å². The van der Waals surface area contributed by atoms with Gasteiger partial charge in [0.1, 0.15) is 0 Å². The molecule has 1 spiro atoms. The molecule has 0 fully saturated rings. The molecule has 2 nitrogen and oxygen atoms in total.